The van der Waals surface area contributed by atoms with E-state index in [-0.39, 0.29) is 17.9 Å². The van der Waals surface area contributed by atoms with E-state index in [9.17, 15) is 14.7 Å². The van der Waals surface area contributed by atoms with Crippen molar-refractivity contribution in [3.8, 4) is 0 Å². The molecule has 0 spiro atoms. The molecule has 0 bridgehead atoms. The highest BCUT2D eigenvalue weighted by Crippen LogP contribution is 2.43. The molecule has 0 unspecified atom stereocenters. The van der Waals surface area contributed by atoms with E-state index in [2.05, 4.69) is 20.8 Å². The third-order valence-electron chi connectivity index (χ3n) is 5.89. The number of carbonyl (C=O) groups excluding carboxylic acids is 1. The van der Waals surface area contributed by atoms with E-state index in [0.717, 1.165) is 16.7 Å². The fourth-order valence-electron chi connectivity index (χ4n) is 4.15. The summed E-state index contributed by atoms with van der Waals surface area (Å²) in [5, 5.41) is 11.4. The van der Waals surface area contributed by atoms with Gasteiger partial charge in [0.25, 0.3) is 5.91 Å². The number of amides is 1. The lowest BCUT2D eigenvalue weighted by Gasteiger charge is -2.39. The Morgan fingerprint density at radius 2 is 1.56 bits per heavy atom. The number of hydrogen-bond acceptors (Lipinski definition) is 3. The molecule has 0 saturated carbocycles. The summed E-state index contributed by atoms with van der Waals surface area (Å²) in [5.74, 6) is -2.28. The Hall–Kier alpha value is -3.44. The van der Waals surface area contributed by atoms with Crippen LogP contribution in [0.25, 0.3) is 0 Å². The molecule has 1 amide bonds. The molecule has 3 aromatic carbocycles. The molecule has 0 aliphatic carbocycles. The summed E-state index contributed by atoms with van der Waals surface area (Å²) in [4.78, 5) is 31.9. The van der Waals surface area contributed by atoms with Crippen molar-refractivity contribution >= 4 is 11.9 Å². The molecular weight excluding hydrogens is 402 g/mol. The summed E-state index contributed by atoms with van der Waals surface area (Å²) >= 11 is 0. The van der Waals surface area contributed by atoms with Crippen molar-refractivity contribution in [1.29, 1.82) is 0 Å². The largest absolute Gasteiger partial charge is 0.481 e. The number of rotatable bonds is 5. The third-order valence-corrected chi connectivity index (χ3v) is 5.89. The minimum atomic E-state index is -0.997. The summed E-state index contributed by atoms with van der Waals surface area (Å²) in [6.45, 7) is 6.53. The standard InChI is InChI=1S/C27H27NO4/c1-27(2,3)20-15-13-19(14-16-20)24-23(26(30)31)21-11-7-8-12-22(21)25(29)28(24)32-17-18-9-5-4-6-10-18/h4-16,23-24H,17H2,1-3H3,(H,30,31)/t23-,24+/m0/s1. The van der Waals surface area contributed by atoms with Gasteiger partial charge in [0.15, 0.2) is 0 Å². The number of hydrogen-bond donors (Lipinski definition) is 1. The van der Waals surface area contributed by atoms with Crippen LogP contribution < -0.4 is 0 Å². The lowest BCUT2D eigenvalue weighted by molar-refractivity contribution is -0.176. The predicted molar refractivity (Wildman–Crippen MR) is 122 cm³/mol. The van der Waals surface area contributed by atoms with Crippen molar-refractivity contribution in [3.05, 3.63) is 107 Å². The molecule has 5 heteroatoms. The van der Waals surface area contributed by atoms with Gasteiger partial charge < -0.3 is 5.11 Å². The molecule has 0 radical (unpaired) electrons. The second-order valence-electron chi connectivity index (χ2n) is 9.11. The highest BCUT2D eigenvalue weighted by molar-refractivity contribution is 5.99. The van der Waals surface area contributed by atoms with Crippen LogP contribution in [-0.2, 0) is 21.7 Å². The molecule has 4 rings (SSSR count). The summed E-state index contributed by atoms with van der Waals surface area (Å²) in [7, 11) is 0. The number of aliphatic carboxylic acids is 1. The Kier molecular flexibility index (Phi) is 5.85. The molecule has 0 fully saturated rings. The maximum Gasteiger partial charge on any atom is 0.313 e. The van der Waals surface area contributed by atoms with Crippen molar-refractivity contribution in [1.82, 2.24) is 5.06 Å². The zero-order chi connectivity index (χ0) is 22.9. The number of hydroxylamine groups is 2. The normalized spacial score (nSPS) is 18.3. The molecule has 1 aliphatic heterocycles. The number of carbonyl (C=O) groups is 2. The smallest absolute Gasteiger partial charge is 0.313 e. The number of nitrogens with zero attached hydrogens (tertiary/aromatic N) is 1. The molecule has 1 N–H and O–H groups in total. The molecule has 0 aromatic heterocycles. The van der Waals surface area contributed by atoms with E-state index in [1.54, 1.807) is 24.3 Å². The summed E-state index contributed by atoms with van der Waals surface area (Å²) in [6.07, 6.45) is 0. The van der Waals surface area contributed by atoms with E-state index in [1.165, 1.54) is 5.06 Å². The summed E-state index contributed by atoms with van der Waals surface area (Å²) < 4.78 is 0. The highest BCUT2D eigenvalue weighted by atomic mass is 16.7. The van der Waals surface area contributed by atoms with Crippen LogP contribution >= 0.6 is 0 Å². The monoisotopic (exact) mass is 429 g/mol. The van der Waals surface area contributed by atoms with Crippen molar-refractivity contribution in [3.63, 3.8) is 0 Å². The first-order chi connectivity index (χ1) is 15.3. The Morgan fingerprint density at radius 3 is 2.19 bits per heavy atom. The van der Waals surface area contributed by atoms with Crippen molar-refractivity contribution in [2.24, 2.45) is 0 Å². The maximum absolute atomic E-state index is 13.4. The topological polar surface area (TPSA) is 66.8 Å². The zero-order valence-electron chi connectivity index (χ0n) is 18.5. The molecule has 1 heterocycles. The van der Waals surface area contributed by atoms with Crippen LogP contribution in [0.15, 0.2) is 78.9 Å². The molecule has 2 atom stereocenters. The summed E-state index contributed by atoms with van der Waals surface area (Å²) in [6, 6.07) is 23.4. The Bertz CT molecular complexity index is 1120. The van der Waals surface area contributed by atoms with E-state index in [4.69, 9.17) is 4.84 Å². The van der Waals surface area contributed by atoms with Gasteiger partial charge in [0.1, 0.15) is 18.6 Å². The van der Waals surface area contributed by atoms with Gasteiger partial charge in [-0.3, -0.25) is 14.4 Å². The van der Waals surface area contributed by atoms with Gasteiger partial charge in [-0.05, 0) is 33.7 Å². The van der Waals surface area contributed by atoms with Crippen LogP contribution in [0.3, 0.4) is 0 Å². The lowest BCUT2D eigenvalue weighted by Crippen LogP contribution is -2.44. The van der Waals surface area contributed by atoms with Crippen LogP contribution in [-0.4, -0.2) is 22.0 Å². The van der Waals surface area contributed by atoms with Gasteiger partial charge >= 0.3 is 5.97 Å². The first kappa shape index (κ1) is 21.8. The molecular formula is C27H27NO4. The van der Waals surface area contributed by atoms with Crippen molar-refractivity contribution < 1.29 is 19.5 Å². The summed E-state index contributed by atoms with van der Waals surface area (Å²) in [5.41, 5.74) is 3.58. The fraction of sp³-hybridized carbons (Fsp3) is 0.259. The Balaban J connectivity index is 1.79. The highest BCUT2D eigenvalue weighted by Gasteiger charge is 2.45. The van der Waals surface area contributed by atoms with E-state index < -0.39 is 17.9 Å². The second-order valence-corrected chi connectivity index (χ2v) is 9.11. The van der Waals surface area contributed by atoms with Crippen molar-refractivity contribution in [2.75, 3.05) is 0 Å². The maximum atomic E-state index is 13.4. The van der Waals surface area contributed by atoms with E-state index in [0.29, 0.717) is 11.1 Å². The van der Waals surface area contributed by atoms with Crippen LogP contribution in [0.1, 0.15) is 65.3 Å². The molecule has 0 saturated heterocycles. The number of carboxylic acid groups (broad SMARTS) is 1. The van der Waals surface area contributed by atoms with Crippen LogP contribution in [0.4, 0.5) is 0 Å². The van der Waals surface area contributed by atoms with Gasteiger partial charge in [-0.1, -0.05) is 93.6 Å². The van der Waals surface area contributed by atoms with Crippen LogP contribution in [0.5, 0.6) is 0 Å². The Labute approximate surface area is 188 Å². The van der Waals surface area contributed by atoms with Crippen LogP contribution in [0.2, 0.25) is 0 Å². The Morgan fingerprint density at radius 1 is 0.938 bits per heavy atom. The minimum absolute atomic E-state index is 0.0385. The average Bonchev–Trinajstić information content (AvgIpc) is 2.78. The lowest BCUT2D eigenvalue weighted by atomic mass is 9.79. The van der Waals surface area contributed by atoms with Gasteiger partial charge in [0, 0.05) is 5.56 Å². The molecule has 1 aliphatic rings. The van der Waals surface area contributed by atoms with E-state index in [1.807, 2.05) is 54.6 Å². The minimum Gasteiger partial charge on any atom is -0.481 e. The molecule has 32 heavy (non-hydrogen) atoms. The predicted octanol–water partition coefficient (Wildman–Crippen LogP) is 5.48. The zero-order valence-corrected chi connectivity index (χ0v) is 18.5. The third kappa shape index (κ3) is 4.16. The number of fused-ring (bicyclic) bond motifs is 1. The molecule has 5 nitrogen and oxygen atoms in total. The molecule has 164 valence electrons. The van der Waals surface area contributed by atoms with E-state index >= 15 is 0 Å². The molecule has 3 aromatic rings. The van der Waals surface area contributed by atoms with Gasteiger partial charge in [-0.2, -0.15) is 0 Å². The first-order valence-electron chi connectivity index (χ1n) is 10.7. The van der Waals surface area contributed by atoms with Gasteiger partial charge in [0.2, 0.25) is 0 Å². The SMILES string of the molecule is CC(C)(C)c1ccc([C@@H]2[C@@H](C(=O)O)c3ccccc3C(=O)N2OCc2ccccc2)cc1. The van der Waals surface area contributed by atoms with Gasteiger partial charge in [0.05, 0.1) is 0 Å². The van der Waals surface area contributed by atoms with Crippen molar-refractivity contribution in [2.45, 2.75) is 44.8 Å². The number of carboxylic acids is 1. The average molecular weight is 430 g/mol. The quantitative estimate of drug-likeness (QED) is 0.583. The number of benzene rings is 3. The van der Waals surface area contributed by atoms with Gasteiger partial charge in [-0.25, -0.2) is 5.06 Å². The second kappa shape index (κ2) is 8.60. The first-order valence-corrected chi connectivity index (χ1v) is 10.7. The van der Waals surface area contributed by atoms with Crippen LogP contribution in [0, 0.1) is 0 Å². The fourth-order valence-corrected chi connectivity index (χ4v) is 4.15. The van der Waals surface area contributed by atoms with Gasteiger partial charge in [-0.15, -0.1) is 0 Å².